The van der Waals surface area contributed by atoms with Gasteiger partial charge in [0.25, 0.3) is 21.8 Å². The van der Waals surface area contributed by atoms with Crippen molar-refractivity contribution in [3.63, 3.8) is 0 Å². The molecule has 0 aromatic heterocycles. The smallest absolute Gasteiger partial charge is 0.261 e. The second-order valence-corrected chi connectivity index (χ2v) is 8.07. The molecular weight excluding hydrogens is 402 g/mol. The van der Waals surface area contributed by atoms with Gasteiger partial charge in [0.15, 0.2) is 0 Å². The third-order valence-electron chi connectivity index (χ3n) is 4.17. The number of carbonyl (C=O) groups is 2. The molecule has 2 amide bonds. The zero-order valence-electron chi connectivity index (χ0n) is 16.3. The number of benzene rings is 3. The normalized spacial score (nSPS) is 10.8. The molecule has 0 heterocycles. The molecule has 3 N–H and O–H groups in total. The first-order chi connectivity index (χ1) is 14.4. The summed E-state index contributed by atoms with van der Waals surface area (Å²) in [6.45, 7) is 2.33. The molecule has 3 aromatic rings. The molecule has 8 heteroatoms. The molecule has 0 spiro atoms. The van der Waals surface area contributed by atoms with Crippen LogP contribution in [0.5, 0.6) is 0 Å². The van der Waals surface area contributed by atoms with Crippen LogP contribution in [-0.4, -0.2) is 26.8 Å². The third-order valence-corrected chi connectivity index (χ3v) is 5.57. The van der Waals surface area contributed by atoms with Crippen LogP contribution >= 0.6 is 0 Å². The van der Waals surface area contributed by atoms with Crippen molar-refractivity contribution in [2.45, 2.75) is 11.8 Å². The summed E-state index contributed by atoms with van der Waals surface area (Å²) < 4.78 is 27.4. The Morgan fingerprint density at radius 3 is 2.10 bits per heavy atom. The number of anilines is 2. The number of hydrogen-bond donors (Lipinski definition) is 3. The average Bonchev–Trinajstić information content (AvgIpc) is 2.74. The molecule has 30 heavy (non-hydrogen) atoms. The minimum absolute atomic E-state index is 0.0427. The van der Waals surface area contributed by atoms with E-state index < -0.39 is 15.9 Å². The van der Waals surface area contributed by atoms with E-state index in [-0.39, 0.29) is 16.4 Å². The SMILES string of the molecule is CCNC(=O)c1cccc(NC(=O)c2ccc(S(=O)(=O)Nc3ccccc3)cc2)c1. The van der Waals surface area contributed by atoms with Crippen molar-refractivity contribution in [3.8, 4) is 0 Å². The summed E-state index contributed by atoms with van der Waals surface area (Å²) in [5.74, 6) is -0.642. The van der Waals surface area contributed by atoms with E-state index in [1.807, 2.05) is 6.92 Å². The van der Waals surface area contributed by atoms with Crippen LogP contribution in [-0.2, 0) is 10.0 Å². The van der Waals surface area contributed by atoms with E-state index in [1.54, 1.807) is 54.6 Å². The Morgan fingerprint density at radius 2 is 1.43 bits per heavy atom. The van der Waals surface area contributed by atoms with Gasteiger partial charge in [-0.1, -0.05) is 24.3 Å². The summed E-state index contributed by atoms with van der Waals surface area (Å²) >= 11 is 0. The van der Waals surface area contributed by atoms with E-state index in [0.29, 0.717) is 23.5 Å². The van der Waals surface area contributed by atoms with Gasteiger partial charge in [-0.25, -0.2) is 8.42 Å². The van der Waals surface area contributed by atoms with Crippen molar-refractivity contribution < 1.29 is 18.0 Å². The lowest BCUT2D eigenvalue weighted by atomic mass is 10.1. The number of hydrogen-bond acceptors (Lipinski definition) is 4. The Bertz CT molecular complexity index is 1140. The van der Waals surface area contributed by atoms with Crippen LogP contribution in [0.25, 0.3) is 0 Å². The molecule has 0 saturated carbocycles. The zero-order valence-corrected chi connectivity index (χ0v) is 17.1. The first-order valence-electron chi connectivity index (χ1n) is 9.26. The Kier molecular flexibility index (Phi) is 6.48. The number of carbonyl (C=O) groups excluding carboxylic acids is 2. The molecule has 0 fully saturated rings. The van der Waals surface area contributed by atoms with Crippen LogP contribution < -0.4 is 15.4 Å². The van der Waals surface area contributed by atoms with Gasteiger partial charge in [-0.05, 0) is 61.5 Å². The van der Waals surface area contributed by atoms with Crippen molar-refractivity contribution in [3.05, 3.63) is 90.0 Å². The molecule has 0 aliphatic rings. The van der Waals surface area contributed by atoms with Crippen LogP contribution in [0.1, 0.15) is 27.6 Å². The predicted octanol–water partition coefficient (Wildman–Crippen LogP) is 3.49. The fourth-order valence-electron chi connectivity index (χ4n) is 2.71. The van der Waals surface area contributed by atoms with Gasteiger partial charge in [0.1, 0.15) is 0 Å². The highest BCUT2D eigenvalue weighted by Gasteiger charge is 2.15. The van der Waals surface area contributed by atoms with E-state index in [4.69, 9.17) is 0 Å². The van der Waals surface area contributed by atoms with E-state index in [2.05, 4.69) is 15.4 Å². The number of rotatable bonds is 7. The molecule has 0 atom stereocenters. The molecular formula is C22H21N3O4S. The Hall–Kier alpha value is -3.65. The molecule has 0 aliphatic carbocycles. The average molecular weight is 423 g/mol. The summed E-state index contributed by atoms with van der Waals surface area (Å²) in [4.78, 5) is 24.5. The second-order valence-electron chi connectivity index (χ2n) is 6.39. The minimum atomic E-state index is -3.76. The summed E-state index contributed by atoms with van der Waals surface area (Å²) in [5, 5.41) is 5.41. The predicted molar refractivity (Wildman–Crippen MR) is 116 cm³/mol. The fraction of sp³-hybridized carbons (Fsp3) is 0.0909. The largest absolute Gasteiger partial charge is 0.352 e. The van der Waals surface area contributed by atoms with Crippen molar-refractivity contribution in [2.24, 2.45) is 0 Å². The minimum Gasteiger partial charge on any atom is -0.352 e. The van der Waals surface area contributed by atoms with Crippen LogP contribution in [0.2, 0.25) is 0 Å². The van der Waals surface area contributed by atoms with Gasteiger partial charge < -0.3 is 10.6 Å². The van der Waals surface area contributed by atoms with Crippen molar-refractivity contribution >= 4 is 33.2 Å². The molecule has 0 saturated heterocycles. The molecule has 154 valence electrons. The fourth-order valence-corrected chi connectivity index (χ4v) is 3.77. The molecule has 3 aromatic carbocycles. The first-order valence-corrected chi connectivity index (χ1v) is 10.7. The maximum Gasteiger partial charge on any atom is 0.261 e. The van der Waals surface area contributed by atoms with E-state index in [0.717, 1.165) is 0 Å². The number of para-hydroxylation sites is 1. The molecule has 0 aliphatic heterocycles. The van der Waals surface area contributed by atoms with Crippen LogP contribution in [0.3, 0.4) is 0 Å². The van der Waals surface area contributed by atoms with Crippen LogP contribution in [0.4, 0.5) is 11.4 Å². The maximum atomic E-state index is 12.5. The van der Waals surface area contributed by atoms with Gasteiger partial charge >= 0.3 is 0 Å². The second kappa shape index (κ2) is 9.23. The molecule has 3 rings (SSSR count). The number of sulfonamides is 1. The zero-order chi connectivity index (χ0) is 21.6. The van der Waals surface area contributed by atoms with Gasteiger partial charge in [-0.15, -0.1) is 0 Å². The lowest BCUT2D eigenvalue weighted by molar-refractivity contribution is 0.0954. The van der Waals surface area contributed by atoms with Gasteiger partial charge in [-0.3, -0.25) is 14.3 Å². The highest BCUT2D eigenvalue weighted by atomic mass is 32.2. The molecule has 0 radical (unpaired) electrons. The Labute approximate surface area is 175 Å². The van der Waals surface area contributed by atoms with Gasteiger partial charge in [0.2, 0.25) is 0 Å². The Balaban J connectivity index is 1.71. The van der Waals surface area contributed by atoms with Gasteiger partial charge in [0.05, 0.1) is 4.90 Å². The number of nitrogens with one attached hydrogen (secondary N) is 3. The highest BCUT2D eigenvalue weighted by molar-refractivity contribution is 7.92. The van der Waals surface area contributed by atoms with Gasteiger partial charge in [-0.2, -0.15) is 0 Å². The molecule has 0 unspecified atom stereocenters. The van der Waals surface area contributed by atoms with E-state index >= 15 is 0 Å². The summed E-state index contributed by atoms with van der Waals surface area (Å²) in [5.41, 5.74) is 1.64. The third kappa shape index (κ3) is 5.24. The lowest BCUT2D eigenvalue weighted by Gasteiger charge is -2.10. The summed E-state index contributed by atoms with van der Waals surface area (Å²) in [6, 6.07) is 20.7. The molecule has 7 nitrogen and oxygen atoms in total. The first kappa shape index (κ1) is 21.1. The molecule has 0 bridgehead atoms. The maximum absolute atomic E-state index is 12.5. The standard InChI is InChI=1S/C22H21N3O4S/c1-2-23-21(26)17-7-6-10-19(15-17)24-22(27)16-11-13-20(14-12-16)30(28,29)25-18-8-4-3-5-9-18/h3-15,25H,2H2,1H3,(H,23,26)(H,24,27). The van der Waals surface area contributed by atoms with E-state index in [9.17, 15) is 18.0 Å². The topological polar surface area (TPSA) is 104 Å². The van der Waals surface area contributed by atoms with Crippen LogP contribution in [0, 0.1) is 0 Å². The highest BCUT2D eigenvalue weighted by Crippen LogP contribution is 2.17. The van der Waals surface area contributed by atoms with Crippen LogP contribution in [0.15, 0.2) is 83.8 Å². The summed E-state index contributed by atoms with van der Waals surface area (Å²) in [7, 11) is -3.76. The monoisotopic (exact) mass is 423 g/mol. The van der Waals surface area contributed by atoms with Crippen molar-refractivity contribution in [1.29, 1.82) is 0 Å². The van der Waals surface area contributed by atoms with E-state index in [1.165, 1.54) is 24.3 Å². The van der Waals surface area contributed by atoms with Crippen molar-refractivity contribution in [1.82, 2.24) is 5.32 Å². The lowest BCUT2D eigenvalue weighted by Crippen LogP contribution is -2.22. The van der Waals surface area contributed by atoms with Gasteiger partial charge in [0, 0.05) is 29.0 Å². The number of amides is 2. The van der Waals surface area contributed by atoms with Crippen molar-refractivity contribution in [2.75, 3.05) is 16.6 Å². The Morgan fingerprint density at radius 1 is 0.767 bits per heavy atom. The summed E-state index contributed by atoms with van der Waals surface area (Å²) in [6.07, 6.45) is 0. The quantitative estimate of drug-likeness (QED) is 0.541.